The topological polar surface area (TPSA) is 80.5 Å². The number of hydrogen-bond donors (Lipinski definition) is 1. The lowest BCUT2D eigenvalue weighted by atomic mass is 10.2. The fraction of sp³-hybridized carbons (Fsp3) is 0.133. The molecule has 1 amide bonds. The monoisotopic (exact) mass is 382 g/mol. The van der Waals surface area contributed by atoms with Crippen molar-refractivity contribution in [1.82, 2.24) is 0 Å². The van der Waals surface area contributed by atoms with Crippen molar-refractivity contribution in [2.75, 3.05) is 10.8 Å². The van der Waals surface area contributed by atoms with Gasteiger partial charge in [-0.15, -0.1) is 0 Å². The number of amides is 1. The first-order chi connectivity index (χ1) is 10.3. The number of anilines is 1. The molecule has 5 nitrogen and oxygen atoms in total. The van der Waals surface area contributed by atoms with Crippen molar-refractivity contribution in [2.24, 2.45) is 5.73 Å². The largest absolute Gasteiger partial charge is 0.368 e. The summed E-state index contributed by atoms with van der Waals surface area (Å²) in [6.07, 6.45) is 0. The van der Waals surface area contributed by atoms with E-state index >= 15 is 0 Å². The van der Waals surface area contributed by atoms with Crippen LogP contribution in [0.3, 0.4) is 0 Å². The molecule has 2 rings (SSSR count). The summed E-state index contributed by atoms with van der Waals surface area (Å²) in [5.74, 6) is -0.720. The van der Waals surface area contributed by atoms with Gasteiger partial charge in [0.1, 0.15) is 6.54 Å². The van der Waals surface area contributed by atoms with Crippen LogP contribution in [0, 0.1) is 6.92 Å². The van der Waals surface area contributed by atoms with Crippen LogP contribution in [-0.2, 0) is 14.8 Å². The number of rotatable bonds is 5. The van der Waals surface area contributed by atoms with Crippen molar-refractivity contribution >= 4 is 37.5 Å². The van der Waals surface area contributed by atoms with Crippen LogP contribution < -0.4 is 10.0 Å². The molecule has 0 atom stereocenters. The van der Waals surface area contributed by atoms with Gasteiger partial charge in [0.05, 0.1) is 10.6 Å². The van der Waals surface area contributed by atoms with E-state index in [0.717, 1.165) is 14.3 Å². The Morgan fingerprint density at radius 2 is 1.82 bits per heavy atom. The molecule has 22 heavy (non-hydrogen) atoms. The molecule has 2 aromatic carbocycles. The maximum Gasteiger partial charge on any atom is 0.264 e. The Morgan fingerprint density at radius 3 is 2.36 bits per heavy atom. The minimum atomic E-state index is -3.87. The van der Waals surface area contributed by atoms with Gasteiger partial charge in [-0.05, 0) is 48.9 Å². The highest BCUT2D eigenvalue weighted by molar-refractivity contribution is 9.10. The second-order valence-corrected chi connectivity index (χ2v) is 7.55. The summed E-state index contributed by atoms with van der Waals surface area (Å²) >= 11 is 3.26. The number of sulfonamides is 1. The van der Waals surface area contributed by atoms with Crippen molar-refractivity contribution in [2.45, 2.75) is 11.8 Å². The molecule has 0 heterocycles. The van der Waals surface area contributed by atoms with Crippen molar-refractivity contribution in [3.63, 3.8) is 0 Å². The summed E-state index contributed by atoms with van der Waals surface area (Å²) < 4.78 is 27.4. The van der Waals surface area contributed by atoms with Gasteiger partial charge in [0.2, 0.25) is 5.91 Å². The predicted octanol–water partition coefficient (Wildman–Crippen LogP) is 2.44. The zero-order chi connectivity index (χ0) is 16.3. The van der Waals surface area contributed by atoms with Gasteiger partial charge in [-0.3, -0.25) is 9.10 Å². The maximum atomic E-state index is 12.8. The molecule has 0 fully saturated rings. The minimum absolute atomic E-state index is 0.0958. The van der Waals surface area contributed by atoms with Gasteiger partial charge < -0.3 is 5.73 Å². The average Bonchev–Trinajstić information content (AvgIpc) is 2.45. The van der Waals surface area contributed by atoms with Crippen LogP contribution in [0.15, 0.2) is 57.9 Å². The molecule has 116 valence electrons. The molecule has 0 saturated heterocycles. The fourth-order valence-corrected chi connectivity index (χ4v) is 3.66. The van der Waals surface area contributed by atoms with Crippen molar-refractivity contribution in [1.29, 1.82) is 0 Å². The lowest BCUT2D eigenvalue weighted by Gasteiger charge is -2.23. The highest BCUT2D eigenvalue weighted by Crippen LogP contribution is 2.25. The second-order valence-electron chi connectivity index (χ2n) is 4.77. The van der Waals surface area contributed by atoms with Gasteiger partial charge in [0.15, 0.2) is 0 Å². The molecule has 7 heteroatoms. The molecule has 0 aromatic heterocycles. The average molecular weight is 383 g/mol. The van der Waals surface area contributed by atoms with Crippen molar-refractivity contribution < 1.29 is 13.2 Å². The quantitative estimate of drug-likeness (QED) is 0.861. The zero-order valence-corrected chi connectivity index (χ0v) is 14.3. The summed E-state index contributed by atoms with van der Waals surface area (Å²) in [5, 5.41) is 0. The summed E-state index contributed by atoms with van der Waals surface area (Å²) in [5.41, 5.74) is 6.51. The SMILES string of the molecule is Cc1cccc(N(CC(N)=O)S(=O)(=O)c2ccc(Br)cc2)c1. The van der Waals surface area contributed by atoms with Crippen molar-refractivity contribution in [3.8, 4) is 0 Å². The smallest absolute Gasteiger partial charge is 0.264 e. The Kier molecular flexibility index (Phi) is 4.87. The van der Waals surface area contributed by atoms with Crippen LogP contribution in [0.4, 0.5) is 5.69 Å². The molecule has 0 radical (unpaired) electrons. The van der Waals surface area contributed by atoms with Gasteiger partial charge >= 0.3 is 0 Å². The first-order valence-electron chi connectivity index (χ1n) is 6.44. The van der Waals surface area contributed by atoms with Crippen LogP contribution in [0.1, 0.15) is 5.56 Å². The lowest BCUT2D eigenvalue weighted by Crippen LogP contribution is -2.38. The molecule has 0 spiro atoms. The van der Waals surface area contributed by atoms with E-state index in [1.54, 1.807) is 30.3 Å². The summed E-state index contributed by atoms with van der Waals surface area (Å²) in [6.45, 7) is 1.43. The van der Waals surface area contributed by atoms with Gasteiger partial charge in [-0.1, -0.05) is 28.1 Å². The number of benzene rings is 2. The summed E-state index contributed by atoms with van der Waals surface area (Å²) in [6, 6.07) is 13.1. The molecule has 0 aliphatic carbocycles. The van der Waals surface area contributed by atoms with Gasteiger partial charge in [-0.25, -0.2) is 8.42 Å². The van der Waals surface area contributed by atoms with E-state index in [4.69, 9.17) is 5.73 Å². The van der Waals surface area contributed by atoms with Crippen LogP contribution >= 0.6 is 15.9 Å². The van der Waals surface area contributed by atoms with E-state index in [9.17, 15) is 13.2 Å². The van der Waals surface area contributed by atoms with Crippen LogP contribution in [0.25, 0.3) is 0 Å². The van der Waals surface area contributed by atoms with Crippen molar-refractivity contribution in [3.05, 3.63) is 58.6 Å². The predicted molar refractivity (Wildman–Crippen MR) is 89.0 cm³/mol. The third-order valence-corrected chi connectivity index (χ3v) is 5.31. The van der Waals surface area contributed by atoms with Gasteiger partial charge in [0.25, 0.3) is 10.0 Å². The molecule has 0 unspecified atom stereocenters. The van der Waals surface area contributed by atoms with E-state index in [2.05, 4.69) is 15.9 Å². The summed E-state index contributed by atoms with van der Waals surface area (Å²) in [4.78, 5) is 11.4. The number of primary amides is 1. The first kappa shape index (κ1) is 16.5. The van der Waals surface area contributed by atoms with E-state index in [1.165, 1.54) is 12.1 Å². The highest BCUT2D eigenvalue weighted by atomic mass is 79.9. The number of carbonyl (C=O) groups excluding carboxylic acids is 1. The number of nitrogens with two attached hydrogens (primary N) is 1. The Morgan fingerprint density at radius 1 is 1.18 bits per heavy atom. The van der Waals surface area contributed by atoms with Gasteiger partial charge in [-0.2, -0.15) is 0 Å². The Bertz CT molecular complexity index is 789. The van der Waals surface area contributed by atoms with E-state index in [-0.39, 0.29) is 4.90 Å². The first-order valence-corrected chi connectivity index (χ1v) is 8.67. The number of halogens is 1. The molecule has 0 bridgehead atoms. The Balaban J connectivity index is 2.53. The van der Waals surface area contributed by atoms with E-state index in [1.807, 2.05) is 13.0 Å². The van der Waals surface area contributed by atoms with Crippen LogP contribution in [0.2, 0.25) is 0 Å². The Labute approximate surface area is 137 Å². The third kappa shape index (κ3) is 3.66. The normalized spacial score (nSPS) is 11.2. The lowest BCUT2D eigenvalue weighted by molar-refractivity contribution is -0.116. The highest BCUT2D eigenvalue weighted by Gasteiger charge is 2.26. The number of nitrogens with zero attached hydrogens (tertiary/aromatic N) is 1. The molecular weight excluding hydrogens is 368 g/mol. The molecule has 2 aromatic rings. The molecule has 0 saturated carbocycles. The molecule has 0 aliphatic heterocycles. The molecule has 0 aliphatic rings. The van der Waals surface area contributed by atoms with Gasteiger partial charge in [0, 0.05) is 4.47 Å². The standard InChI is InChI=1S/C15H15BrN2O3S/c1-11-3-2-4-13(9-11)18(10-15(17)19)22(20,21)14-7-5-12(16)6-8-14/h2-9H,10H2,1H3,(H2,17,19). The fourth-order valence-electron chi connectivity index (χ4n) is 1.97. The third-order valence-electron chi connectivity index (χ3n) is 2.99. The zero-order valence-electron chi connectivity index (χ0n) is 11.9. The number of aryl methyl sites for hydroxylation is 1. The minimum Gasteiger partial charge on any atom is -0.368 e. The van der Waals surface area contributed by atoms with Crippen LogP contribution in [-0.4, -0.2) is 20.9 Å². The molecule has 2 N–H and O–H groups in total. The van der Waals surface area contributed by atoms with Crippen LogP contribution in [0.5, 0.6) is 0 Å². The Hall–Kier alpha value is -1.86. The maximum absolute atomic E-state index is 12.8. The van der Waals surface area contributed by atoms with E-state index < -0.39 is 22.5 Å². The second kappa shape index (κ2) is 6.50. The summed E-state index contributed by atoms with van der Waals surface area (Å²) in [7, 11) is -3.87. The van der Waals surface area contributed by atoms with E-state index in [0.29, 0.717) is 5.69 Å². The number of hydrogen-bond acceptors (Lipinski definition) is 3. The number of carbonyl (C=O) groups is 1. The molecular formula is C15H15BrN2O3S.